The van der Waals surface area contributed by atoms with E-state index in [1.54, 1.807) is 0 Å². The van der Waals surface area contributed by atoms with Crippen molar-refractivity contribution in [3.05, 3.63) is 22.9 Å². The summed E-state index contributed by atoms with van der Waals surface area (Å²) in [4.78, 5) is 18.3. The van der Waals surface area contributed by atoms with E-state index in [0.717, 1.165) is 18.7 Å². The fraction of sp³-hybridized carbons (Fsp3) is 0.643. The van der Waals surface area contributed by atoms with Gasteiger partial charge in [-0.25, -0.2) is 19.3 Å². The molecule has 2 N–H and O–H groups in total. The molecule has 2 saturated heterocycles. The minimum Gasteiger partial charge on any atom is -0.367 e. The molecule has 0 radical (unpaired) electrons. The SMILES string of the molecule is CN1C2CCCC1CC(Nc1cc3n[nH]c(=O)n3cn1)C2. The van der Waals surface area contributed by atoms with E-state index in [2.05, 4.69) is 32.4 Å². The zero-order valence-corrected chi connectivity index (χ0v) is 12.1. The highest BCUT2D eigenvalue weighted by Crippen LogP contribution is 2.33. The Bertz CT molecular complexity index is 693. The molecule has 4 rings (SSSR count). The third kappa shape index (κ3) is 2.21. The van der Waals surface area contributed by atoms with Crippen molar-refractivity contribution < 1.29 is 0 Å². The molecule has 7 heteroatoms. The number of hydrogen-bond donors (Lipinski definition) is 2. The largest absolute Gasteiger partial charge is 0.367 e. The maximum absolute atomic E-state index is 11.4. The van der Waals surface area contributed by atoms with Gasteiger partial charge in [0.1, 0.15) is 12.1 Å². The smallest absolute Gasteiger partial charge is 0.348 e. The minimum atomic E-state index is -0.252. The van der Waals surface area contributed by atoms with Crippen LogP contribution in [0.25, 0.3) is 5.65 Å². The van der Waals surface area contributed by atoms with Crippen LogP contribution in [0.2, 0.25) is 0 Å². The number of rotatable bonds is 2. The minimum absolute atomic E-state index is 0.252. The summed E-state index contributed by atoms with van der Waals surface area (Å²) in [5.41, 5.74) is 0.350. The normalized spacial score (nSPS) is 29.7. The standard InChI is InChI=1S/C14H20N6O/c1-19-10-3-2-4-11(19)6-9(5-10)16-12-7-13-17-18-14(21)20(13)8-15-12/h7-11,16H,2-6H2,1H3,(H,18,21). The topological polar surface area (TPSA) is 78.3 Å². The molecule has 0 aromatic carbocycles. The molecule has 0 saturated carbocycles. The van der Waals surface area contributed by atoms with Crippen LogP contribution in [0.3, 0.4) is 0 Å². The van der Waals surface area contributed by atoms with Crippen LogP contribution in [0.4, 0.5) is 5.82 Å². The Morgan fingerprint density at radius 1 is 1.33 bits per heavy atom. The molecular weight excluding hydrogens is 268 g/mol. The van der Waals surface area contributed by atoms with Crippen molar-refractivity contribution in [1.29, 1.82) is 0 Å². The molecule has 0 spiro atoms. The molecule has 2 aliphatic rings. The van der Waals surface area contributed by atoms with Crippen molar-refractivity contribution in [2.45, 2.75) is 50.2 Å². The number of piperidine rings is 2. The molecule has 2 aromatic rings. The summed E-state index contributed by atoms with van der Waals surface area (Å²) in [6, 6.07) is 3.65. The third-order valence-corrected chi connectivity index (χ3v) is 5.00. The van der Waals surface area contributed by atoms with Gasteiger partial charge in [0, 0.05) is 24.2 Å². The molecule has 112 valence electrons. The first-order valence-electron chi connectivity index (χ1n) is 7.62. The van der Waals surface area contributed by atoms with E-state index >= 15 is 0 Å². The van der Waals surface area contributed by atoms with Crippen molar-refractivity contribution in [3.8, 4) is 0 Å². The Morgan fingerprint density at radius 3 is 2.86 bits per heavy atom. The molecule has 0 aliphatic carbocycles. The summed E-state index contributed by atoms with van der Waals surface area (Å²) < 4.78 is 1.41. The Labute approximate surface area is 122 Å². The third-order valence-electron chi connectivity index (χ3n) is 5.00. The lowest BCUT2D eigenvalue weighted by molar-refractivity contribution is 0.0608. The highest BCUT2D eigenvalue weighted by Gasteiger charge is 2.35. The van der Waals surface area contributed by atoms with E-state index in [4.69, 9.17) is 0 Å². The number of aromatic nitrogens is 4. The van der Waals surface area contributed by atoms with Crippen LogP contribution in [0.5, 0.6) is 0 Å². The number of fused-ring (bicyclic) bond motifs is 3. The van der Waals surface area contributed by atoms with Gasteiger partial charge in [0.25, 0.3) is 0 Å². The lowest BCUT2D eigenvalue weighted by atomic mass is 9.82. The lowest BCUT2D eigenvalue weighted by Crippen LogP contribution is -2.52. The van der Waals surface area contributed by atoms with E-state index in [0.29, 0.717) is 23.8 Å². The van der Waals surface area contributed by atoms with Gasteiger partial charge in [-0.05, 0) is 32.7 Å². The van der Waals surface area contributed by atoms with E-state index in [-0.39, 0.29) is 5.69 Å². The number of nitrogens with one attached hydrogen (secondary N) is 2. The molecule has 7 nitrogen and oxygen atoms in total. The second-order valence-corrected chi connectivity index (χ2v) is 6.25. The average Bonchev–Trinajstić information content (AvgIpc) is 2.81. The Morgan fingerprint density at radius 2 is 2.10 bits per heavy atom. The predicted octanol–water partition coefficient (Wildman–Crippen LogP) is 0.845. The Balaban J connectivity index is 1.53. The lowest BCUT2D eigenvalue weighted by Gasteiger charge is -2.47. The van der Waals surface area contributed by atoms with Gasteiger partial charge in [0.2, 0.25) is 0 Å². The van der Waals surface area contributed by atoms with Crippen LogP contribution in [-0.2, 0) is 0 Å². The first kappa shape index (κ1) is 12.8. The number of hydrogen-bond acceptors (Lipinski definition) is 5. The van der Waals surface area contributed by atoms with Gasteiger partial charge < -0.3 is 10.2 Å². The van der Waals surface area contributed by atoms with Gasteiger partial charge in [-0.2, -0.15) is 5.10 Å². The van der Waals surface area contributed by atoms with Gasteiger partial charge >= 0.3 is 5.69 Å². The molecule has 2 aromatic heterocycles. The molecular formula is C14H20N6O. The van der Waals surface area contributed by atoms with Gasteiger partial charge in [0.05, 0.1) is 0 Å². The number of anilines is 1. The van der Waals surface area contributed by atoms with Crippen molar-refractivity contribution in [2.75, 3.05) is 12.4 Å². The summed E-state index contributed by atoms with van der Waals surface area (Å²) in [7, 11) is 2.26. The summed E-state index contributed by atoms with van der Waals surface area (Å²) in [6.45, 7) is 0. The molecule has 4 heterocycles. The van der Waals surface area contributed by atoms with Crippen LogP contribution >= 0.6 is 0 Å². The van der Waals surface area contributed by atoms with Gasteiger partial charge in [0.15, 0.2) is 5.65 Å². The molecule has 2 aliphatic heterocycles. The van der Waals surface area contributed by atoms with E-state index < -0.39 is 0 Å². The number of aromatic amines is 1. The summed E-state index contributed by atoms with van der Waals surface area (Å²) in [5, 5.41) is 9.93. The average molecular weight is 288 g/mol. The van der Waals surface area contributed by atoms with Crippen molar-refractivity contribution in [1.82, 2.24) is 24.5 Å². The second-order valence-electron chi connectivity index (χ2n) is 6.25. The fourth-order valence-corrected chi connectivity index (χ4v) is 3.83. The van der Waals surface area contributed by atoms with Crippen molar-refractivity contribution in [3.63, 3.8) is 0 Å². The highest BCUT2D eigenvalue weighted by atomic mass is 16.1. The zero-order valence-electron chi connectivity index (χ0n) is 12.1. The van der Waals surface area contributed by atoms with Gasteiger partial charge in [-0.3, -0.25) is 0 Å². The van der Waals surface area contributed by atoms with Crippen LogP contribution in [0.15, 0.2) is 17.2 Å². The van der Waals surface area contributed by atoms with E-state index in [9.17, 15) is 4.79 Å². The molecule has 2 atom stereocenters. The van der Waals surface area contributed by atoms with Crippen LogP contribution in [0, 0.1) is 0 Å². The maximum Gasteiger partial charge on any atom is 0.348 e. The van der Waals surface area contributed by atoms with Crippen molar-refractivity contribution >= 4 is 11.5 Å². The summed E-state index contributed by atoms with van der Waals surface area (Å²) in [6.07, 6.45) is 7.80. The molecule has 0 amide bonds. The van der Waals surface area contributed by atoms with Gasteiger partial charge in [-0.15, -0.1) is 0 Å². The fourth-order valence-electron chi connectivity index (χ4n) is 3.83. The monoisotopic (exact) mass is 288 g/mol. The maximum atomic E-state index is 11.4. The predicted molar refractivity (Wildman–Crippen MR) is 79.4 cm³/mol. The Hall–Kier alpha value is -1.89. The number of nitrogens with zero attached hydrogens (tertiary/aromatic N) is 4. The van der Waals surface area contributed by atoms with Crippen molar-refractivity contribution in [2.24, 2.45) is 0 Å². The molecule has 2 bridgehead atoms. The van der Waals surface area contributed by atoms with Crippen LogP contribution in [0.1, 0.15) is 32.1 Å². The molecule has 2 unspecified atom stereocenters. The van der Waals surface area contributed by atoms with Crippen LogP contribution < -0.4 is 11.0 Å². The first-order chi connectivity index (χ1) is 10.2. The number of H-pyrrole nitrogens is 1. The molecule has 2 fully saturated rings. The zero-order chi connectivity index (χ0) is 14.4. The van der Waals surface area contributed by atoms with E-state index in [1.807, 2.05) is 6.07 Å². The highest BCUT2D eigenvalue weighted by molar-refractivity contribution is 5.48. The van der Waals surface area contributed by atoms with Crippen LogP contribution in [-0.4, -0.2) is 49.7 Å². The quantitative estimate of drug-likeness (QED) is 0.856. The van der Waals surface area contributed by atoms with E-state index in [1.165, 1.54) is 30.0 Å². The summed E-state index contributed by atoms with van der Waals surface area (Å²) >= 11 is 0. The second kappa shape index (κ2) is 4.84. The summed E-state index contributed by atoms with van der Waals surface area (Å²) in [5.74, 6) is 0.800. The first-order valence-corrected chi connectivity index (χ1v) is 7.62. The van der Waals surface area contributed by atoms with Gasteiger partial charge in [-0.1, -0.05) is 6.42 Å². The molecule has 21 heavy (non-hydrogen) atoms. The Kier molecular flexibility index (Phi) is 2.95.